The van der Waals surface area contributed by atoms with Crippen LogP contribution in [0.3, 0.4) is 0 Å². The van der Waals surface area contributed by atoms with Crippen molar-refractivity contribution in [3.63, 3.8) is 0 Å². The van der Waals surface area contributed by atoms with Gasteiger partial charge >= 0.3 is 0 Å². The van der Waals surface area contributed by atoms with Gasteiger partial charge in [-0.15, -0.1) is 0 Å². The number of carbonyl (C=O) groups is 1. The molecule has 1 amide bonds. The number of hydrogen-bond donors (Lipinski definition) is 1. The van der Waals surface area contributed by atoms with Gasteiger partial charge < -0.3 is 5.32 Å². The summed E-state index contributed by atoms with van der Waals surface area (Å²) in [6.07, 6.45) is 17.3. The van der Waals surface area contributed by atoms with Crippen molar-refractivity contribution >= 4 is 11.6 Å². The van der Waals surface area contributed by atoms with E-state index in [1.807, 2.05) is 6.08 Å². The highest BCUT2D eigenvalue weighted by Crippen LogP contribution is 2.44. The van der Waals surface area contributed by atoms with E-state index < -0.39 is 0 Å². The first kappa shape index (κ1) is 19.9. The van der Waals surface area contributed by atoms with Crippen LogP contribution in [0.1, 0.15) is 65.2 Å². The molecule has 0 aromatic heterocycles. The van der Waals surface area contributed by atoms with E-state index in [9.17, 15) is 4.79 Å². The fourth-order valence-electron chi connectivity index (χ4n) is 4.96. The van der Waals surface area contributed by atoms with Gasteiger partial charge in [-0.3, -0.25) is 9.80 Å². The second kappa shape index (κ2) is 9.38. The zero-order valence-electron chi connectivity index (χ0n) is 17.0. The molecule has 2 fully saturated rings. The number of carbonyl (C=O) groups excluding carboxylic acids is 1. The third kappa shape index (κ3) is 4.72. The lowest BCUT2D eigenvalue weighted by Crippen LogP contribution is -2.42. The van der Waals surface area contributed by atoms with Gasteiger partial charge in [0.15, 0.2) is 0 Å². The molecule has 0 spiro atoms. The third-order valence-corrected chi connectivity index (χ3v) is 6.45. The lowest BCUT2D eigenvalue weighted by molar-refractivity contribution is -0.115. The number of hydrogen-bond acceptors (Lipinski definition) is 3. The summed E-state index contributed by atoms with van der Waals surface area (Å²) in [5.74, 6) is 1.58. The molecular formula is C23H35N3O. The van der Waals surface area contributed by atoms with Crippen LogP contribution in [0.2, 0.25) is 0 Å². The number of amides is 1. The average Bonchev–Trinajstić information content (AvgIpc) is 3.38. The van der Waals surface area contributed by atoms with Gasteiger partial charge in [0.25, 0.3) is 5.91 Å². The van der Waals surface area contributed by atoms with Gasteiger partial charge in [-0.1, -0.05) is 57.1 Å². The lowest BCUT2D eigenvalue weighted by atomic mass is 9.95. The van der Waals surface area contributed by atoms with E-state index in [4.69, 9.17) is 5.10 Å². The molecule has 0 saturated heterocycles. The van der Waals surface area contributed by atoms with Crippen LogP contribution < -0.4 is 5.32 Å². The molecule has 2 saturated carbocycles. The van der Waals surface area contributed by atoms with Crippen LogP contribution in [0.4, 0.5) is 0 Å². The summed E-state index contributed by atoms with van der Waals surface area (Å²) in [7, 11) is 0. The second-order valence-electron chi connectivity index (χ2n) is 8.28. The van der Waals surface area contributed by atoms with Crippen LogP contribution in [0.5, 0.6) is 0 Å². The summed E-state index contributed by atoms with van der Waals surface area (Å²) in [4.78, 5) is 12.9. The minimum Gasteiger partial charge on any atom is -0.348 e. The van der Waals surface area contributed by atoms with Crippen molar-refractivity contribution in [1.29, 1.82) is 0 Å². The molecule has 0 aromatic carbocycles. The highest BCUT2D eigenvalue weighted by molar-refractivity contribution is 6.39. The zero-order chi connectivity index (χ0) is 19.2. The van der Waals surface area contributed by atoms with Crippen LogP contribution >= 0.6 is 0 Å². The number of nitrogens with one attached hydrogen (secondary N) is 1. The first-order valence-corrected chi connectivity index (χ1v) is 10.8. The Kier molecular flexibility index (Phi) is 6.92. The lowest BCUT2D eigenvalue weighted by Gasteiger charge is -2.24. The Hall–Kier alpha value is -1.84. The molecule has 27 heavy (non-hydrogen) atoms. The maximum absolute atomic E-state index is 12.9. The van der Waals surface area contributed by atoms with Crippen LogP contribution in [0.25, 0.3) is 0 Å². The molecule has 1 aliphatic heterocycles. The van der Waals surface area contributed by atoms with E-state index in [2.05, 4.69) is 42.9 Å². The number of fused-ring (bicyclic) bond motifs is 2. The average molecular weight is 370 g/mol. The van der Waals surface area contributed by atoms with Gasteiger partial charge in [-0.2, -0.15) is 5.10 Å². The highest BCUT2D eigenvalue weighted by atomic mass is 16.2. The van der Waals surface area contributed by atoms with E-state index in [1.54, 1.807) is 6.08 Å². The predicted molar refractivity (Wildman–Crippen MR) is 113 cm³/mol. The molecule has 1 N–H and O–H groups in total. The van der Waals surface area contributed by atoms with Gasteiger partial charge in [0.05, 0.1) is 6.04 Å². The van der Waals surface area contributed by atoms with E-state index >= 15 is 0 Å². The molecule has 1 heterocycles. The fraction of sp³-hybridized carbons (Fsp3) is 0.652. The summed E-state index contributed by atoms with van der Waals surface area (Å²) >= 11 is 0. The van der Waals surface area contributed by atoms with Gasteiger partial charge in [0, 0.05) is 19.0 Å². The Labute approximate surface area is 164 Å². The molecule has 0 aromatic rings. The Balaban J connectivity index is 1.66. The smallest absolute Gasteiger partial charge is 0.267 e. The summed E-state index contributed by atoms with van der Waals surface area (Å²) in [6, 6.07) is 0.525. The summed E-state index contributed by atoms with van der Waals surface area (Å²) in [5, 5.41) is 10.2. The summed E-state index contributed by atoms with van der Waals surface area (Å²) in [5.41, 5.74) is 1.91. The Morgan fingerprint density at radius 2 is 2.19 bits per heavy atom. The predicted octanol–water partition coefficient (Wildman–Crippen LogP) is 4.60. The van der Waals surface area contributed by atoms with E-state index in [0.717, 1.165) is 25.3 Å². The number of allylic oxidation sites excluding steroid dienone is 3. The van der Waals surface area contributed by atoms with Crippen molar-refractivity contribution in [2.45, 2.75) is 77.3 Å². The summed E-state index contributed by atoms with van der Waals surface area (Å²) < 4.78 is 0. The quantitative estimate of drug-likeness (QED) is 0.477. The van der Waals surface area contributed by atoms with Crippen molar-refractivity contribution in [2.75, 3.05) is 6.54 Å². The van der Waals surface area contributed by atoms with Gasteiger partial charge in [0.2, 0.25) is 0 Å². The molecule has 3 aliphatic rings. The molecule has 4 heteroatoms. The zero-order valence-corrected chi connectivity index (χ0v) is 17.0. The van der Waals surface area contributed by atoms with Crippen molar-refractivity contribution in [2.24, 2.45) is 16.9 Å². The highest BCUT2D eigenvalue weighted by Gasteiger charge is 2.41. The van der Waals surface area contributed by atoms with Crippen molar-refractivity contribution in [1.82, 2.24) is 10.3 Å². The first-order valence-electron chi connectivity index (χ1n) is 10.8. The van der Waals surface area contributed by atoms with Crippen LogP contribution in [-0.4, -0.2) is 35.3 Å². The van der Waals surface area contributed by atoms with Gasteiger partial charge in [-0.05, 0) is 50.0 Å². The van der Waals surface area contributed by atoms with Crippen molar-refractivity contribution < 1.29 is 4.79 Å². The molecule has 2 aliphatic carbocycles. The second-order valence-corrected chi connectivity index (χ2v) is 8.28. The number of nitrogens with zero attached hydrogens (tertiary/aromatic N) is 2. The Bertz CT molecular complexity index is 634. The number of rotatable bonds is 9. The Morgan fingerprint density at radius 1 is 1.33 bits per heavy atom. The third-order valence-electron chi connectivity index (χ3n) is 6.45. The first-order chi connectivity index (χ1) is 13.2. The minimum absolute atomic E-state index is 0.0543. The molecule has 4 atom stereocenters. The molecule has 2 bridgehead atoms. The Morgan fingerprint density at radius 3 is 2.81 bits per heavy atom. The number of hydrazone groups is 1. The van der Waals surface area contributed by atoms with E-state index in [1.165, 1.54) is 37.7 Å². The maximum atomic E-state index is 12.9. The van der Waals surface area contributed by atoms with E-state index in [0.29, 0.717) is 24.1 Å². The fourth-order valence-corrected chi connectivity index (χ4v) is 4.96. The molecule has 0 radical (unpaired) electrons. The summed E-state index contributed by atoms with van der Waals surface area (Å²) in [6.45, 7) is 8.94. The largest absolute Gasteiger partial charge is 0.348 e. The van der Waals surface area contributed by atoms with Crippen LogP contribution in [-0.2, 0) is 4.79 Å². The topological polar surface area (TPSA) is 44.7 Å². The standard InChI is InChI=1S/C23H35N3O/c1-4-7-9-13-26-22(18(6-3)10-8-5-2)16-21(25-26)23(27)24-20-15-17-11-12-19(20)14-17/h5-6,8,10,17,19-20,22H,2,4,7,9,11-16H2,1,3H3,(H,24,27)/b10-8-,18-6+. The van der Waals surface area contributed by atoms with Crippen LogP contribution in [0, 0.1) is 11.8 Å². The number of unbranched alkanes of at least 4 members (excludes halogenated alkanes) is 2. The molecule has 148 valence electrons. The molecule has 4 unspecified atom stereocenters. The monoisotopic (exact) mass is 369 g/mol. The van der Waals surface area contributed by atoms with E-state index in [-0.39, 0.29) is 11.9 Å². The SMILES string of the molecule is C=C/C=C\C(=C/C)C1CC(C(=O)NC2CC3CCC2C3)=NN1CCCCC. The van der Waals surface area contributed by atoms with Crippen molar-refractivity contribution in [3.05, 3.63) is 36.5 Å². The normalized spacial score (nSPS) is 30.2. The van der Waals surface area contributed by atoms with Crippen molar-refractivity contribution in [3.8, 4) is 0 Å². The van der Waals surface area contributed by atoms with Crippen LogP contribution in [0.15, 0.2) is 41.6 Å². The molecular weight excluding hydrogens is 334 g/mol. The molecule has 3 rings (SSSR count). The van der Waals surface area contributed by atoms with Gasteiger partial charge in [-0.25, -0.2) is 0 Å². The maximum Gasteiger partial charge on any atom is 0.267 e. The van der Waals surface area contributed by atoms with Gasteiger partial charge in [0.1, 0.15) is 5.71 Å². The minimum atomic E-state index is 0.0543. The molecule has 4 nitrogen and oxygen atoms in total.